The van der Waals surface area contributed by atoms with Crippen LogP contribution in [0.2, 0.25) is 0 Å². The average Bonchev–Trinajstić information content (AvgIpc) is 2.70. The predicted molar refractivity (Wildman–Crippen MR) is 73.4 cm³/mol. The van der Waals surface area contributed by atoms with Crippen molar-refractivity contribution in [1.29, 1.82) is 5.26 Å². The van der Waals surface area contributed by atoms with Crippen molar-refractivity contribution in [3.05, 3.63) is 35.5 Å². The largest absolute Gasteiger partial charge is 0.343 e. The van der Waals surface area contributed by atoms with Gasteiger partial charge in [-0.3, -0.25) is 0 Å². The van der Waals surface area contributed by atoms with Crippen LogP contribution in [0.1, 0.15) is 31.0 Å². The first kappa shape index (κ1) is 11.3. The molecule has 2 nitrogen and oxygen atoms in total. The van der Waals surface area contributed by atoms with Gasteiger partial charge in [0.15, 0.2) is 0 Å². The first-order valence-corrected chi connectivity index (χ1v) is 6.77. The van der Waals surface area contributed by atoms with E-state index in [0.29, 0.717) is 6.42 Å². The monoisotopic (exact) mass is 238 g/mol. The molecule has 0 amide bonds. The smallest absolute Gasteiger partial charge is 0.0640 e. The summed E-state index contributed by atoms with van der Waals surface area (Å²) in [4.78, 5) is 0. The molecule has 2 aromatic rings. The average molecular weight is 238 g/mol. The molecule has 3 rings (SSSR count). The summed E-state index contributed by atoms with van der Waals surface area (Å²) in [5.74, 6) is 0.766. The topological polar surface area (TPSA) is 28.7 Å². The van der Waals surface area contributed by atoms with Crippen LogP contribution in [0.15, 0.2) is 24.3 Å². The maximum atomic E-state index is 8.83. The van der Waals surface area contributed by atoms with Gasteiger partial charge in [-0.2, -0.15) is 5.26 Å². The van der Waals surface area contributed by atoms with Crippen molar-refractivity contribution in [2.24, 2.45) is 5.92 Å². The van der Waals surface area contributed by atoms with E-state index in [2.05, 4.69) is 41.8 Å². The maximum absolute atomic E-state index is 8.83. The number of benzene rings is 1. The Morgan fingerprint density at radius 1 is 1.39 bits per heavy atom. The van der Waals surface area contributed by atoms with E-state index >= 15 is 0 Å². The molecule has 0 aliphatic heterocycles. The Bertz CT molecular complexity index is 616. The van der Waals surface area contributed by atoms with E-state index in [9.17, 15) is 0 Å². The fourth-order valence-electron chi connectivity index (χ4n) is 3.18. The van der Waals surface area contributed by atoms with Crippen LogP contribution in [0.25, 0.3) is 10.9 Å². The number of fused-ring (bicyclic) bond motifs is 3. The number of para-hydroxylation sites is 1. The molecule has 1 atom stereocenters. The van der Waals surface area contributed by atoms with Crippen LogP contribution < -0.4 is 0 Å². The zero-order chi connectivity index (χ0) is 12.5. The predicted octanol–water partition coefficient (Wildman–Crippen LogP) is 3.68. The molecule has 1 aliphatic rings. The molecule has 1 unspecified atom stereocenters. The lowest BCUT2D eigenvalue weighted by molar-refractivity contribution is 0.480. The molecule has 92 valence electrons. The summed E-state index contributed by atoms with van der Waals surface area (Å²) in [5.41, 5.74) is 4.32. The van der Waals surface area contributed by atoms with E-state index in [-0.39, 0.29) is 0 Å². The number of nitriles is 1. The van der Waals surface area contributed by atoms with Gasteiger partial charge < -0.3 is 4.57 Å². The molecule has 1 aromatic carbocycles. The number of nitrogens with zero attached hydrogens (tertiary/aromatic N) is 2. The first-order chi connectivity index (χ1) is 8.81. The first-order valence-electron chi connectivity index (χ1n) is 6.77. The zero-order valence-corrected chi connectivity index (χ0v) is 10.8. The Labute approximate surface area is 108 Å². The van der Waals surface area contributed by atoms with Gasteiger partial charge in [0.2, 0.25) is 0 Å². The number of aromatic nitrogens is 1. The lowest BCUT2D eigenvalue weighted by atomic mass is 9.88. The third-order valence-electron chi connectivity index (χ3n) is 4.07. The summed E-state index contributed by atoms with van der Waals surface area (Å²) in [6, 6.07) is 10.9. The third-order valence-corrected chi connectivity index (χ3v) is 4.07. The fourth-order valence-corrected chi connectivity index (χ4v) is 3.18. The Kier molecular flexibility index (Phi) is 2.83. The Morgan fingerprint density at radius 3 is 3.06 bits per heavy atom. The van der Waals surface area contributed by atoms with Gasteiger partial charge in [0, 0.05) is 23.1 Å². The van der Waals surface area contributed by atoms with Crippen LogP contribution in [0.4, 0.5) is 0 Å². The molecule has 0 fully saturated rings. The van der Waals surface area contributed by atoms with E-state index in [4.69, 9.17) is 5.26 Å². The molecule has 0 bridgehead atoms. The van der Waals surface area contributed by atoms with Crippen LogP contribution in [0.3, 0.4) is 0 Å². The second-order valence-corrected chi connectivity index (χ2v) is 5.35. The second-order valence-electron chi connectivity index (χ2n) is 5.35. The summed E-state index contributed by atoms with van der Waals surface area (Å²) in [5, 5.41) is 10.2. The Balaban J connectivity index is 2.19. The van der Waals surface area contributed by atoms with Gasteiger partial charge in [0.05, 0.1) is 12.5 Å². The zero-order valence-electron chi connectivity index (χ0n) is 10.8. The van der Waals surface area contributed by atoms with E-state index in [1.807, 2.05) is 0 Å². The molecule has 0 saturated carbocycles. The SMILES string of the molecule is CC1CCc2c(n(CCC#N)c3ccccc23)C1. The molecule has 0 radical (unpaired) electrons. The summed E-state index contributed by atoms with van der Waals surface area (Å²) < 4.78 is 2.38. The van der Waals surface area contributed by atoms with Gasteiger partial charge in [0.1, 0.15) is 0 Å². The fraction of sp³-hybridized carbons (Fsp3) is 0.438. The quantitative estimate of drug-likeness (QED) is 0.784. The number of rotatable bonds is 2. The number of hydrogen-bond donors (Lipinski definition) is 0. The normalized spacial score (nSPS) is 18.6. The van der Waals surface area contributed by atoms with Crippen molar-refractivity contribution in [3.63, 3.8) is 0 Å². The van der Waals surface area contributed by atoms with Gasteiger partial charge >= 0.3 is 0 Å². The summed E-state index contributed by atoms with van der Waals surface area (Å²) in [7, 11) is 0. The van der Waals surface area contributed by atoms with E-state index in [1.54, 1.807) is 0 Å². The molecule has 1 aliphatic carbocycles. The van der Waals surface area contributed by atoms with Crippen LogP contribution in [0.5, 0.6) is 0 Å². The highest BCUT2D eigenvalue weighted by Gasteiger charge is 2.22. The highest BCUT2D eigenvalue weighted by Crippen LogP contribution is 2.34. The molecule has 0 spiro atoms. The molecule has 18 heavy (non-hydrogen) atoms. The summed E-state index contributed by atoms with van der Waals surface area (Å²) >= 11 is 0. The van der Waals surface area contributed by atoms with Crippen LogP contribution in [-0.2, 0) is 19.4 Å². The van der Waals surface area contributed by atoms with Gasteiger partial charge in [-0.1, -0.05) is 25.1 Å². The second kappa shape index (κ2) is 4.49. The van der Waals surface area contributed by atoms with Gasteiger partial charge in [-0.05, 0) is 36.8 Å². The minimum Gasteiger partial charge on any atom is -0.343 e. The highest BCUT2D eigenvalue weighted by atomic mass is 15.0. The third kappa shape index (κ3) is 1.71. The standard InChI is InChI=1S/C16H18N2/c1-12-7-8-14-13-5-2-3-6-15(13)18(10-4-9-17)16(14)11-12/h2-3,5-6,12H,4,7-8,10-11H2,1H3. The molecule has 1 heterocycles. The minimum atomic E-state index is 0.597. The molecular weight excluding hydrogens is 220 g/mol. The van der Waals surface area contributed by atoms with E-state index < -0.39 is 0 Å². The number of aryl methyl sites for hydroxylation is 2. The van der Waals surface area contributed by atoms with Crippen LogP contribution >= 0.6 is 0 Å². The van der Waals surface area contributed by atoms with Gasteiger partial charge in [-0.15, -0.1) is 0 Å². The summed E-state index contributed by atoms with van der Waals surface area (Å²) in [6.45, 7) is 3.16. The van der Waals surface area contributed by atoms with Crippen molar-refractivity contribution in [2.75, 3.05) is 0 Å². The van der Waals surface area contributed by atoms with Crippen LogP contribution in [0, 0.1) is 17.2 Å². The number of hydrogen-bond acceptors (Lipinski definition) is 1. The van der Waals surface area contributed by atoms with Crippen LogP contribution in [-0.4, -0.2) is 4.57 Å². The van der Waals surface area contributed by atoms with Crippen molar-refractivity contribution in [1.82, 2.24) is 4.57 Å². The molecule has 1 aromatic heterocycles. The molecule has 2 heteroatoms. The van der Waals surface area contributed by atoms with Crippen molar-refractivity contribution in [2.45, 2.75) is 39.2 Å². The van der Waals surface area contributed by atoms with Crippen molar-refractivity contribution < 1.29 is 0 Å². The minimum absolute atomic E-state index is 0.597. The maximum Gasteiger partial charge on any atom is 0.0640 e. The Hall–Kier alpha value is -1.75. The lowest BCUT2D eigenvalue weighted by Crippen LogP contribution is -2.14. The molecule has 0 saturated heterocycles. The van der Waals surface area contributed by atoms with Gasteiger partial charge in [-0.25, -0.2) is 0 Å². The summed E-state index contributed by atoms with van der Waals surface area (Å²) in [6.07, 6.45) is 4.24. The molecule has 0 N–H and O–H groups in total. The highest BCUT2D eigenvalue weighted by molar-refractivity contribution is 5.85. The van der Waals surface area contributed by atoms with E-state index in [1.165, 1.54) is 35.0 Å². The molecular formula is C16H18N2. The van der Waals surface area contributed by atoms with Gasteiger partial charge in [0.25, 0.3) is 0 Å². The Morgan fingerprint density at radius 2 is 2.22 bits per heavy atom. The van der Waals surface area contributed by atoms with E-state index in [0.717, 1.165) is 18.9 Å². The van der Waals surface area contributed by atoms with Crippen molar-refractivity contribution >= 4 is 10.9 Å². The van der Waals surface area contributed by atoms with Crippen molar-refractivity contribution in [3.8, 4) is 6.07 Å². The lowest BCUT2D eigenvalue weighted by Gasteiger charge is -2.20.